The van der Waals surface area contributed by atoms with Crippen molar-refractivity contribution in [2.24, 2.45) is 5.92 Å². The fraction of sp³-hybridized carbons (Fsp3) is 0.312. The van der Waals surface area contributed by atoms with Gasteiger partial charge in [-0.25, -0.2) is 4.39 Å². The van der Waals surface area contributed by atoms with Crippen LogP contribution in [0.1, 0.15) is 29.8 Å². The summed E-state index contributed by atoms with van der Waals surface area (Å²) in [6, 6.07) is 9.26. The Bertz CT molecular complexity index is 609. The normalized spacial score (nSPS) is 21.8. The fourth-order valence-corrected chi connectivity index (χ4v) is 2.43. The number of aliphatic hydroxyl groups excluding tert-OH is 1. The lowest BCUT2D eigenvalue weighted by Gasteiger charge is -2.12. The molecule has 1 aromatic carbocycles. The highest BCUT2D eigenvalue weighted by Gasteiger charge is 2.45. The summed E-state index contributed by atoms with van der Waals surface area (Å²) < 4.78 is 18.1. The van der Waals surface area contributed by atoms with Crippen LogP contribution in [0.2, 0.25) is 0 Å². The summed E-state index contributed by atoms with van der Waals surface area (Å²) >= 11 is 0. The van der Waals surface area contributed by atoms with Gasteiger partial charge in [-0.3, -0.25) is 4.79 Å². The molecule has 110 valence electrons. The Labute approximate surface area is 121 Å². The van der Waals surface area contributed by atoms with E-state index in [4.69, 9.17) is 4.42 Å². The molecular formula is C16H16FNO3. The van der Waals surface area contributed by atoms with Crippen molar-refractivity contribution in [2.75, 3.05) is 6.54 Å². The van der Waals surface area contributed by atoms with Gasteiger partial charge in [-0.2, -0.15) is 0 Å². The number of furan rings is 1. The van der Waals surface area contributed by atoms with Crippen molar-refractivity contribution in [3.63, 3.8) is 0 Å². The Morgan fingerprint density at radius 1 is 1.38 bits per heavy atom. The molecule has 1 heterocycles. The number of carbonyl (C=O) groups is 1. The summed E-state index contributed by atoms with van der Waals surface area (Å²) in [5, 5.41) is 12.7. The van der Waals surface area contributed by atoms with Crippen molar-refractivity contribution in [2.45, 2.75) is 18.4 Å². The summed E-state index contributed by atoms with van der Waals surface area (Å²) in [5.41, 5.74) is 0.579. The number of nitrogens with one attached hydrogen (secondary N) is 1. The standard InChI is InChI=1S/C16H16FNO3/c17-11-5-3-10(4-6-11)14(19)9-18-16(20)13-8-12(13)15-2-1-7-21-15/h1-7,12-14,19H,8-9H2,(H,18,20). The summed E-state index contributed by atoms with van der Waals surface area (Å²) in [4.78, 5) is 12.0. The van der Waals surface area contributed by atoms with Crippen molar-refractivity contribution in [1.29, 1.82) is 0 Å². The van der Waals surface area contributed by atoms with Crippen molar-refractivity contribution in [1.82, 2.24) is 5.32 Å². The Hall–Kier alpha value is -2.14. The molecular weight excluding hydrogens is 273 g/mol. The second-order valence-electron chi connectivity index (χ2n) is 5.28. The Morgan fingerprint density at radius 2 is 2.14 bits per heavy atom. The minimum atomic E-state index is -0.838. The third kappa shape index (κ3) is 3.13. The number of hydrogen-bond acceptors (Lipinski definition) is 3. The first-order chi connectivity index (χ1) is 10.1. The van der Waals surface area contributed by atoms with E-state index in [1.54, 1.807) is 12.3 Å². The molecule has 1 fully saturated rings. The van der Waals surface area contributed by atoms with Gasteiger partial charge in [-0.1, -0.05) is 12.1 Å². The van der Waals surface area contributed by atoms with E-state index in [-0.39, 0.29) is 30.1 Å². The van der Waals surface area contributed by atoms with Crippen LogP contribution in [0, 0.1) is 11.7 Å². The van der Waals surface area contributed by atoms with Crippen LogP contribution in [0.15, 0.2) is 47.1 Å². The van der Waals surface area contributed by atoms with Crippen LogP contribution >= 0.6 is 0 Å². The van der Waals surface area contributed by atoms with Gasteiger partial charge in [0.05, 0.1) is 12.4 Å². The molecule has 0 spiro atoms. The predicted molar refractivity (Wildman–Crippen MR) is 73.9 cm³/mol. The van der Waals surface area contributed by atoms with Crippen LogP contribution in [0.25, 0.3) is 0 Å². The maximum absolute atomic E-state index is 12.8. The SMILES string of the molecule is O=C(NCC(O)c1ccc(F)cc1)C1CC1c1ccco1. The molecule has 5 heteroatoms. The van der Waals surface area contributed by atoms with Gasteiger partial charge >= 0.3 is 0 Å². The van der Waals surface area contributed by atoms with Crippen LogP contribution in [0.4, 0.5) is 4.39 Å². The average molecular weight is 289 g/mol. The topological polar surface area (TPSA) is 62.5 Å². The highest BCUT2D eigenvalue weighted by Crippen LogP contribution is 2.47. The van der Waals surface area contributed by atoms with Crippen molar-refractivity contribution in [3.8, 4) is 0 Å². The summed E-state index contributed by atoms with van der Waals surface area (Å²) in [6.45, 7) is 0.117. The van der Waals surface area contributed by atoms with Gasteiger partial charge in [0.2, 0.25) is 5.91 Å². The third-order valence-corrected chi connectivity index (χ3v) is 3.76. The number of carbonyl (C=O) groups excluding carboxylic acids is 1. The van der Waals surface area contributed by atoms with E-state index in [1.165, 1.54) is 24.3 Å². The van der Waals surface area contributed by atoms with E-state index in [0.29, 0.717) is 5.56 Å². The van der Waals surface area contributed by atoms with Crippen LogP contribution in [0.5, 0.6) is 0 Å². The van der Waals surface area contributed by atoms with Crippen molar-refractivity contribution >= 4 is 5.91 Å². The lowest BCUT2D eigenvalue weighted by molar-refractivity contribution is -0.122. The maximum atomic E-state index is 12.8. The molecule has 0 bridgehead atoms. The third-order valence-electron chi connectivity index (χ3n) is 3.76. The van der Waals surface area contributed by atoms with Crippen LogP contribution in [-0.4, -0.2) is 17.6 Å². The van der Waals surface area contributed by atoms with Gasteiger partial charge in [-0.15, -0.1) is 0 Å². The first-order valence-corrected chi connectivity index (χ1v) is 6.90. The van der Waals surface area contributed by atoms with E-state index < -0.39 is 6.10 Å². The maximum Gasteiger partial charge on any atom is 0.223 e. The van der Waals surface area contributed by atoms with Gasteiger partial charge in [0.15, 0.2) is 0 Å². The molecule has 0 saturated heterocycles. The molecule has 0 aliphatic heterocycles. The van der Waals surface area contributed by atoms with Crippen LogP contribution in [0.3, 0.4) is 0 Å². The first kappa shape index (κ1) is 13.8. The molecule has 3 rings (SSSR count). The highest BCUT2D eigenvalue weighted by molar-refractivity contribution is 5.82. The van der Waals surface area contributed by atoms with Gasteiger partial charge in [-0.05, 0) is 36.2 Å². The minimum absolute atomic E-state index is 0.0856. The molecule has 1 aromatic heterocycles. The first-order valence-electron chi connectivity index (χ1n) is 6.90. The van der Waals surface area contributed by atoms with E-state index >= 15 is 0 Å². The highest BCUT2D eigenvalue weighted by atomic mass is 19.1. The van der Waals surface area contributed by atoms with Crippen LogP contribution < -0.4 is 5.32 Å². The zero-order chi connectivity index (χ0) is 14.8. The molecule has 2 aromatic rings. The van der Waals surface area contributed by atoms with E-state index in [0.717, 1.165) is 12.2 Å². The molecule has 3 atom stereocenters. The van der Waals surface area contributed by atoms with Gasteiger partial charge in [0, 0.05) is 18.4 Å². The lowest BCUT2D eigenvalue weighted by Crippen LogP contribution is -2.29. The number of aliphatic hydroxyl groups is 1. The molecule has 1 aliphatic rings. The van der Waals surface area contributed by atoms with E-state index in [2.05, 4.69) is 5.32 Å². The Balaban J connectivity index is 1.49. The quantitative estimate of drug-likeness (QED) is 0.888. The Kier molecular flexibility index (Phi) is 3.75. The summed E-state index contributed by atoms with van der Waals surface area (Å²) in [5.74, 6) is 0.445. The fourth-order valence-electron chi connectivity index (χ4n) is 2.43. The summed E-state index contributed by atoms with van der Waals surface area (Å²) in [7, 11) is 0. The molecule has 1 saturated carbocycles. The minimum Gasteiger partial charge on any atom is -0.469 e. The monoisotopic (exact) mass is 289 g/mol. The zero-order valence-electron chi connectivity index (χ0n) is 11.3. The van der Waals surface area contributed by atoms with Gasteiger partial charge in [0.25, 0.3) is 0 Å². The molecule has 1 amide bonds. The molecule has 3 unspecified atom stereocenters. The largest absolute Gasteiger partial charge is 0.469 e. The number of rotatable bonds is 5. The second kappa shape index (κ2) is 5.69. The lowest BCUT2D eigenvalue weighted by atomic mass is 10.1. The molecule has 4 nitrogen and oxygen atoms in total. The molecule has 21 heavy (non-hydrogen) atoms. The Morgan fingerprint density at radius 3 is 2.81 bits per heavy atom. The van der Waals surface area contributed by atoms with E-state index in [1.807, 2.05) is 6.07 Å². The molecule has 2 N–H and O–H groups in total. The van der Waals surface area contributed by atoms with Gasteiger partial charge < -0.3 is 14.8 Å². The number of halogens is 1. The number of amides is 1. The smallest absolute Gasteiger partial charge is 0.223 e. The predicted octanol–water partition coefficient (Wildman–Crippen LogP) is 2.37. The second-order valence-corrected chi connectivity index (χ2v) is 5.28. The van der Waals surface area contributed by atoms with E-state index in [9.17, 15) is 14.3 Å². The average Bonchev–Trinajstić information content (AvgIpc) is 3.11. The number of benzene rings is 1. The molecule has 0 radical (unpaired) electrons. The zero-order valence-corrected chi connectivity index (χ0v) is 11.3. The number of hydrogen-bond donors (Lipinski definition) is 2. The van der Waals surface area contributed by atoms with Crippen LogP contribution in [-0.2, 0) is 4.79 Å². The van der Waals surface area contributed by atoms with Crippen molar-refractivity contribution in [3.05, 3.63) is 59.8 Å². The van der Waals surface area contributed by atoms with Crippen molar-refractivity contribution < 1.29 is 18.7 Å². The summed E-state index contributed by atoms with van der Waals surface area (Å²) in [6.07, 6.45) is 1.53. The molecule has 1 aliphatic carbocycles. The van der Waals surface area contributed by atoms with Gasteiger partial charge in [0.1, 0.15) is 11.6 Å².